The molecule has 0 saturated carbocycles. The van der Waals surface area contributed by atoms with E-state index in [1.807, 2.05) is 0 Å². The number of hydrogen-bond donors (Lipinski definition) is 0. The maximum atomic E-state index is 12.5. The van der Waals surface area contributed by atoms with E-state index in [2.05, 4.69) is 0 Å². The van der Waals surface area contributed by atoms with E-state index in [1.54, 1.807) is 0 Å². The molecule has 0 bridgehead atoms. The lowest BCUT2D eigenvalue weighted by atomic mass is 10.4. The molecule has 0 unspecified atom stereocenters. The van der Waals surface area contributed by atoms with Crippen LogP contribution in [0, 0.1) is 0 Å². The third-order valence-corrected chi connectivity index (χ3v) is 3.74. The van der Waals surface area contributed by atoms with Crippen LogP contribution in [0.1, 0.15) is 0 Å². The Balaban J connectivity index is 3.20. The minimum absolute atomic E-state index is 0.00764. The summed E-state index contributed by atoms with van der Waals surface area (Å²) in [6.07, 6.45) is -5.64. The first-order valence-corrected chi connectivity index (χ1v) is 6.37. The first-order chi connectivity index (χ1) is 8.46. The molecule has 1 heterocycles. The first-order valence-electron chi connectivity index (χ1n) is 4.88. The summed E-state index contributed by atoms with van der Waals surface area (Å²) in [7, 11) is -6.44. The third-order valence-electron chi connectivity index (χ3n) is 2.22. The highest BCUT2D eigenvalue weighted by Crippen LogP contribution is 2.38. The fraction of sp³-hybridized carbons (Fsp3) is 0.750. The van der Waals surface area contributed by atoms with Gasteiger partial charge in [0.1, 0.15) is 0 Å². The maximum Gasteiger partial charge on any atom is 0.501 e. The molecule has 0 spiro atoms. The Hall–Kier alpha value is -0.970. The summed E-state index contributed by atoms with van der Waals surface area (Å²) < 4.78 is 101. The van der Waals surface area contributed by atoms with Gasteiger partial charge in [0.25, 0.3) is 9.84 Å². The van der Waals surface area contributed by atoms with Crippen LogP contribution in [0.5, 0.6) is 0 Å². The lowest BCUT2D eigenvalue weighted by Crippen LogP contribution is -2.37. The smallest absolute Gasteiger partial charge is 0.378 e. The van der Waals surface area contributed by atoms with Crippen molar-refractivity contribution in [3.05, 3.63) is 11.1 Å². The first kappa shape index (κ1) is 16.1. The quantitative estimate of drug-likeness (QED) is 0.728. The van der Waals surface area contributed by atoms with E-state index in [-0.39, 0.29) is 32.5 Å². The zero-order valence-corrected chi connectivity index (χ0v) is 10.1. The van der Waals surface area contributed by atoms with Crippen LogP contribution in [0.2, 0.25) is 0 Å². The molecular weight excluding hydrogens is 304 g/mol. The summed E-state index contributed by atoms with van der Waals surface area (Å²) in [5.74, 6) is 0. The Morgan fingerprint density at radius 2 is 1.53 bits per heavy atom. The summed E-state index contributed by atoms with van der Waals surface area (Å²) in [4.78, 5) is -1.79. The average molecular weight is 313 g/mol. The van der Waals surface area contributed by atoms with Crippen molar-refractivity contribution in [3.63, 3.8) is 0 Å². The highest BCUT2D eigenvalue weighted by molar-refractivity contribution is 7.96. The molecule has 0 amide bonds. The number of rotatable bonds is 2. The number of allylic oxidation sites excluding steroid dienone is 1. The lowest BCUT2D eigenvalue weighted by Gasteiger charge is -2.26. The second-order valence-electron chi connectivity index (χ2n) is 3.59. The van der Waals surface area contributed by atoms with Gasteiger partial charge in [-0.05, 0) is 0 Å². The van der Waals surface area contributed by atoms with Crippen LogP contribution in [0.15, 0.2) is 11.1 Å². The van der Waals surface area contributed by atoms with E-state index in [1.165, 1.54) is 0 Å². The van der Waals surface area contributed by atoms with Gasteiger partial charge >= 0.3 is 11.7 Å². The van der Waals surface area contributed by atoms with Gasteiger partial charge in [0.15, 0.2) is 4.91 Å². The number of halogens is 6. The van der Waals surface area contributed by atoms with Crippen LogP contribution in [0.3, 0.4) is 0 Å². The second-order valence-corrected chi connectivity index (χ2v) is 5.50. The van der Waals surface area contributed by atoms with E-state index in [0.29, 0.717) is 0 Å². The van der Waals surface area contributed by atoms with E-state index in [0.717, 1.165) is 4.90 Å². The molecule has 112 valence electrons. The number of nitrogens with zero attached hydrogens (tertiary/aromatic N) is 1. The van der Waals surface area contributed by atoms with Crippen molar-refractivity contribution in [2.75, 3.05) is 26.3 Å². The van der Waals surface area contributed by atoms with Gasteiger partial charge in [0.2, 0.25) is 0 Å². The van der Waals surface area contributed by atoms with Crippen molar-refractivity contribution >= 4 is 9.84 Å². The predicted molar refractivity (Wildman–Crippen MR) is 51.5 cm³/mol. The molecule has 0 atom stereocenters. The van der Waals surface area contributed by atoms with Crippen molar-refractivity contribution < 1.29 is 39.5 Å². The van der Waals surface area contributed by atoms with Gasteiger partial charge in [-0.15, -0.1) is 0 Å². The minimum atomic E-state index is -6.44. The molecule has 4 nitrogen and oxygen atoms in total. The molecule has 0 radical (unpaired) electrons. The third kappa shape index (κ3) is 3.75. The van der Waals surface area contributed by atoms with E-state index in [4.69, 9.17) is 4.74 Å². The minimum Gasteiger partial charge on any atom is -0.378 e. The zero-order chi connectivity index (χ0) is 14.9. The molecule has 11 heteroatoms. The van der Waals surface area contributed by atoms with Crippen LogP contribution in [0.4, 0.5) is 26.3 Å². The summed E-state index contributed by atoms with van der Waals surface area (Å²) in [6.45, 7) is -0.221. The van der Waals surface area contributed by atoms with Crippen molar-refractivity contribution in [2.24, 2.45) is 0 Å². The monoisotopic (exact) mass is 313 g/mol. The number of ether oxygens (including phenoxy) is 1. The highest BCUT2D eigenvalue weighted by Gasteiger charge is 2.56. The predicted octanol–water partition coefficient (Wildman–Crippen LogP) is 1.66. The molecule has 1 saturated heterocycles. The maximum absolute atomic E-state index is 12.5. The number of sulfone groups is 1. The molecule has 0 N–H and O–H groups in total. The number of morpholine rings is 1. The van der Waals surface area contributed by atoms with Gasteiger partial charge in [-0.25, -0.2) is 8.42 Å². The van der Waals surface area contributed by atoms with Gasteiger partial charge in [0, 0.05) is 19.3 Å². The van der Waals surface area contributed by atoms with Crippen LogP contribution < -0.4 is 0 Å². The topological polar surface area (TPSA) is 46.6 Å². The highest BCUT2D eigenvalue weighted by atomic mass is 32.2. The Morgan fingerprint density at radius 3 is 1.89 bits per heavy atom. The van der Waals surface area contributed by atoms with Crippen molar-refractivity contribution in [3.8, 4) is 0 Å². The average Bonchev–Trinajstić information content (AvgIpc) is 2.24. The van der Waals surface area contributed by atoms with Crippen molar-refractivity contribution in [2.45, 2.75) is 11.7 Å². The molecule has 1 rings (SSSR count). The van der Waals surface area contributed by atoms with Crippen molar-refractivity contribution in [1.82, 2.24) is 4.90 Å². The number of alkyl halides is 6. The van der Waals surface area contributed by atoms with Gasteiger partial charge in [0.05, 0.1) is 13.2 Å². The van der Waals surface area contributed by atoms with Crippen LogP contribution in [0.25, 0.3) is 0 Å². The molecule has 0 aromatic carbocycles. The molecule has 0 aromatic rings. The lowest BCUT2D eigenvalue weighted by molar-refractivity contribution is -0.0907. The number of hydrogen-bond acceptors (Lipinski definition) is 4. The van der Waals surface area contributed by atoms with Gasteiger partial charge < -0.3 is 9.64 Å². The fourth-order valence-electron chi connectivity index (χ4n) is 1.29. The van der Waals surface area contributed by atoms with Crippen LogP contribution in [-0.2, 0) is 14.6 Å². The Labute approximate surface area is 104 Å². The standard InChI is InChI=1S/C8H9F6NO3S/c9-7(10,11)6(19(16,17)8(12,13)14)5-15-1-3-18-4-2-15/h5H,1-4H2/b6-5-. The van der Waals surface area contributed by atoms with Crippen LogP contribution in [-0.4, -0.2) is 51.3 Å². The van der Waals surface area contributed by atoms with Crippen molar-refractivity contribution in [1.29, 1.82) is 0 Å². The van der Waals surface area contributed by atoms with E-state index < -0.39 is 26.4 Å². The zero-order valence-electron chi connectivity index (χ0n) is 9.25. The molecule has 0 aromatic heterocycles. The van der Waals surface area contributed by atoms with Gasteiger partial charge in [-0.1, -0.05) is 0 Å². The SMILES string of the molecule is O=S(=O)(/C(=C\N1CCOCC1)C(F)(F)F)C(F)(F)F. The van der Waals surface area contributed by atoms with E-state index in [9.17, 15) is 34.8 Å². The summed E-state index contributed by atoms with van der Waals surface area (Å²) in [5.41, 5.74) is -6.00. The normalized spacial score (nSPS) is 19.7. The molecule has 0 aliphatic carbocycles. The van der Waals surface area contributed by atoms with Crippen LogP contribution >= 0.6 is 0 Å². The van der Waals surface area contributed by atoms with Gasteiger partial charge in [-0.2, -0.15) is 26.3 Å². The summed E-state index contributed by atoms with van der Waals surface area (Å²) in [6, 6.07) is 0. The summed E-state index contributed by atoms with van der Waals surface area (Å²) in [5, 5.41) is 0. The largest absolute Gasteiger partial charge is 0.501 e. The van der Waals surface area contributed by atoms with Gasteiger partial charge in [-0.3, -0.25) is 0 Å². The molecular formula is C8H9F6NO3S. The molecule has 1 aliphatic rings. The summed E-state index contributed by atoms with van der Waals surface area (Å²) >= 11 is 0. The second kappa shape index (κ2) is 5.19. The molecule has 1 fully saturated rings. The molecule has 1 aliphatic heterocycles. The van der Waals surface area contributed by atoms with E-state index >= 15 is 0 Å². The Bertz CT molecular complexity index is 446. The molecule has 19 heavy (non-hydrogen) atoms. The Kier molecular flexibility index (Phi) is 4.40. The Morgan fingerprint density at radius 1 is 1.05 bits per heavy atom. The fourth-order valence-corrected chi connectivity index (χ4v) is 2.13.